The summed E-state index contributed by atoms with van der Waals surface area (Å²) in [6.07, 6.45) is 0. The van der Waals surface area contributed by atoms with Crippen molar-refractivity contribution < 1.29 is 4.79 Å². The van der Waals surface area contributed by atoms with Crippen LogP contribution in [0.2, 0.25) is 10.0 Å². The number of rotatable bonds is 3. The standard InChI is InChI=1S/C14H13Cl2N3O/c1-19(8-9-4-2-3-5-10(9)15)14(20)13-11(16)6-7-12(17)18-13/h2-7H,8H2,1H3,(H2,17,18). The van der Waals surface area contributed by atoms with Crippen LogP contribution in [0, 0.1) is 0 Å². The number of nitrogens with two attached hydrogens (primary N) is 1. The van der Waals surface area contributed by atoms with E-state index in [4.69, 9.17) is 28.9 Å². The summed E-state index contributed by atoms with van der Waals surface area (Å²) in [5.74, 6) is -0.0499. The van der Waals surface area contributed by atoms with E-state index in [1.165, 1.54) is 4.90 Å². The predicted octanol–water partition coefficient (Wildman–Crippen LogP) is 3.24. The van der Waals surface area contributed by atoms with E-state index < -0.39 is 0 Å². The molecule has 0 saturated heterocycles. The lowest BCUT2D eigenvalue weighted by Gasteiger charge is -2.18. The zero-order chi connectivity index (χ0) is 14.7. The number of pyridine rings is 1. The number of halogens is 2. The molecule has 20 heavy (non-hydrogen) atoms. The summed E-state index contributed by atoms with van der Waals surface area (Å²) < 4.78 is 0. The lowest BCUT2D eigenvalue weighted by atomic mass is 10.2. The number of nitrogen functional groups attached to an aromatic ring is 1. The second-order valence-corrected chi connectivity index (χ2v) is 5.13. The number of anilines is 1. The van der Waals surface area contributed by atoms with Gasteiger partial charge in [0.15, 0.2) is 0 Å². The van der Waals surface area contributed by atoms with E-state index in [2.05, 4.69) is 4.98 Å². The summed E-state index contributed by atoms with van der Waals surface area (Å²) in [4.78, 5) is 17.8. The van der Waals surface area contributed by atoms with Gasteiger partial charge in [-0.1, -0.05) is 41.4 Å². The molecule has 2 aromatic rings. The highest BCUT2D eigenvalue weighted by Crippen LogP contribution is 2.20. The number of carbonyl (C=O) groups is 1. The van der Waals surface area contributed by atoms with E-state index >= 15 is 0 Å². The fourth-order valence-corrected chi connectivity index (χ4v) is 2.12. The van der Waals surface area contributed by atoms with Crippen molar-refractivity contribution in [2.45, 2.75) is 6.54 Å². The van der Waals surface area contributed by atoms with E-state index in [9.17, 15) is 4.79 Å². The fourth-order valence-electron chi connectivity index (χ4n) is 1.74. The van der Waals surface area contributed by atoms with Gasteiger partial charge in [0, 0.05) is 18.6 Å². The molecular formula is C14H13Cl2N3O. The van der Waals surface area contributed by atoms with Crippen LogP contribution in [0.5, 0.6) is 0 Å². The Morgan fingerprint density at radius 1 is 1.20 bits per heavy atom. The summed E-state index contributed by atoms with van der Waals surface area (Å²) >= 11 is 12.1. The Kier molecular flexibility index (Phi) is 4.47. The number of nitrogens with zero attached hydrogens (tertiary/aromatic N) is 2. The third-order valence-corrected chi connectivity index (χ3v) is 3.46. The van der Waals surface area contributed by atoms with Crippen molar-refractivity contribution in [3.8, 4) is 0 Å². The quantitative estimate of drug-likeness (QED) is 0.947. The number of amides is 1. The van der Waals surface area contributed by atoms with Crippen LogP contribution >= 0.6 is 23.2 Å². The van der Waals surface area contributed by atoms with Gasteiger partial charge in [-0.3, -0.25) is 4.79 Å². The average molecular weight is 310 g/mol. The largest absolute Gasteiger partial charge is 0.384 e. The first-order valence-corrected chi connectivity index (χ1v) is 6.65. The molecule has 2 rings (SSSR count). The molecule has 1 amide bonds. The minimum atomic E-state index is -0.304. The third-order valence-electron chi connectivity index (χ3n) is 2.78. The monoisotopic (exact) mass is 309 g/mol. The first kappa shape index (κ1) is 14.6. The van der Waals surface area contributed by atoms with E-state index in [-0.39, 0.29) is 22.4 Å². The van der Waals surface area contributed by atoms with E-state index in [1.54, 1.807) is 25.2 Å². The van der Waals surface area contributed by atoms with Crippen molar-refractivity contribution >= 4 is 34.9 Å². The zero-order valence-electron chi connectivity index (χ0n) is 10.8. The maximum absolute atomic E-state index is 12.3. The smallest absolute Gasteiger partial charge is 0.274 e. The molecule has 6 heteroatoms. The van der Waals surface area contributed by atoms with E-state index in [1.807, 2.05) is 18.2 Å². The Morgan fingerprint density at radius 3 is 2.60 bits per heavy atom. The molecule has 4 nitrogen and oxygen atoms in total. The molecule has 0 bridgehead atoms. The van der Waals surface area contributed by atoms with Crippen LogP contribution < -0.4 is 5.73 Å². The molecule has 1 aromatic carbocycles. The van der Waals surface area contributed by atoms with Gasteiger partial charge < -0.3 is 10.6 Å². The van der Waals surface area contributed by atoms with Gasteiger partial charge in [0.1, 0.15) is 11.5 Å². The van der Waals surface area contributed by atoms with Crippen LogP contribution in [-0.2, 0) is 6.54 Å². The minimum Gasteiger partial charge on any atom is -0.384 e. The predicted molar refractivity (Wildman–Crippen MR) is 80.9 cm³/mol. The zero-order valence-corrected chi connectivity index (χ0v) is 12.3. The van der Waals surface area contributed by atoms with Crippen LogP contribution in [0.1, 0.15) is 16.1 Å². The molecule has 2 N–H and O–H groups in total. The maximum atomic E-state index is 12.3. The highest BCUT2D eigenvalue weighted by molar-refractivity contribution is 6.33. The molecular weight excluding hydrogens is 297 g/mol. The molecule has 0 radical (unpaired) electrons. The Bertz CT molecular complexity index is 646. The molecule has 1 aromatic heterocycles. The van der Waals surface area contributed by atoms with Crippen LogP contribution in [0.15, 0.2) is 36.4 Å². The van der Waals surface area contributed by atoms with Crippen molar-refractivity contribution in [1.82, 2.24) is 9.88 Å². The Hall–Kier alpha value is -1.78. The van der Waals surface area contributed by atoms with Gasteiger partial charge in [0.25, 0.3) is 5.91 Å². The fraction of sp³-hybridized carbons (Fsp3) is 0.143. The molecule has 104 valence electrons. The van der Waals surface area contributed by atoms with Crippen molar-refractivity contribution in [2.24, 2.45) is 0 Å². The summed E-state index contributed by atoms with van der Waals surface area (Å²) in [7, 11) is 1.66. The number of carbonyl (C=O) groups excluding carboxylic acids is 1. The Balaban J connectivity index is 2.21. The van der Waals surface area contributed by atoms with Gasteiger partial charge in [-0.2, -0.15) is 0 Å². The van der Waals surface area contributed by atoms with Gasteiger partial charge in [0.2, 0.25) is 0 Å². The second kappa shape index (κ2) is 6.11. The minimum absolute atomic E-state index is 0.140. The summed E-state index contributed by atoms with van der Waals surface area (Å²) in [5, 5.41) is 0.883. The summed E-state index contributed by atoms with van der Waals surface area (Å²) in [6.45, 7) is 0.366. The highest BCUT2D eigenvalue weighted by Gasteiger charge is 2.18. The molecule has 0 saturated carbocycles. The lowest BCUT2D eigenvalue weighted by Crippen LogP contribution is -2.27. The number of aromatic nitrogens is 1. The molecule has 1 heterocycles. The molecule has 0 atom stereocenters. The lowest BCUT2D eigenvalue weighted by molar-refractivity contribution is 0.0779. The number of benzene rings is 1. The second-order valence-electron chi connectivity index (χ2n) is 4.32. The number of hydrogen-bond donors (Lipinski definition) is 1. The summed E-state index contributed by atoms with van der Waals surface area (Å²) in [5.41, 5.74) is 6.57. The molecule has 0 aliphatic heterocycles. The van der Waals surface area contributed by atoms with Gasteiger partial charge >= 0.3 is 0 Å². The first-order chi connectivity index (χ1) is 9.49. The molecule has 0 spiro atoms. The van der Waals surface area contributed by atoms with Gasteiger partial charge in [-0.05, 0) is 23.8 Å². The van der Waals surface area contributed by atoms with Crippen LogP contribution in [0.25, 0.3) is 0 Å². The van der Waals surface area contributed by atoms with Gasteiger partial charge in [-0.15, -0.1) is 0 Å². The van der Waals surface area contributed by atoms with Crippen LogP contribution in [0.3, 0.4) is 0 Å². The molecule has 0 fully saturated rings. The highest BCUT2D eigenvalue weighted by atomic mass is 35.5. The van der Waals surface area contributed by atoms with Gasteiger partial charge in [0.05, 0.1) is 5.02 Å². The third kappa shape index (κ3) is 3.21. The van der Waals surface area contributed by atoms with Crippen molar-refractivity contribution in [2.75, 3.05) is 12.8 Å². The van der Waals surface area contributed by atoms with Crippen LogP contribution in [-0.4, -0.2) is 22.8 Å². The van der Waals surface area contributed by atoms with Crippen molar-refractivity contribution in [1.29, 1.82) is 0 Å². The normalized spacial score (nSPS) is 10.3. The average Bonchev–Trinajstić information content (AvgIpc) is 2.43. The van der Waals surface area contributed by atoms with E-state index in [0.717, 1.165) is 5.56 Å². The summed E-state index contributed by atoms with van der Waals surface area (Å²) in [6, 6.07) is 10.4. The molecule has 0 aliphatic rings. The maximum Gasteiger partial charge on any atom is 0.274 e. The Morgan fingerprint density at radius 2 is 1.90 bits per heavy atom. The topological polar surface area (TPSA) is 59.2 Å². The van der Waals surface area contributed by atoms with E-state index in [0.29, 0.717) is 11.6 Å². The number of hydrogen-bond acceptors (Lipinski definition) is 3. The Labute approximate surface area is 127 Å². The van der Waals surface area contributed by atoms with Crippen LogP contribution in [0.4, 0.5) is 5.82 Å². The SMILES string of the molecule is CN(Cc1ccccc1Cl)C(=O)c1nc(N)ccc1Cl. The van der Waals surface area contributed by atoms with Gasteiger partial charge in [-0.25, -0.2) is 4.98 Å². The van der Waals surface area contributed by atoms with Crippen molar-refractivity contribution in [3.63, 3.8) is 0 Å². The van der Waals surface area contributed by atoms with Crippen molar-refractivity contribution in [3.05, 3.63) is 57.7 Å². The first-order valence-electron chi connectivity index (χ1n) is 5.90. The molecule has 0 unspecified atom stereocenters. The molecule has 0 aliphatic carbocycles.